The summed E-state index contributed by atoms with van der Waals surface area (Å²) in [5.74, 6) is -0.170. The zero-order chi connectivity index (χ0) is 15.7. The average Bonchev–Trinajstić information content (AvgIpc) is 2.54. The fourth-order valence-electron chi connectivity index (χ4n) is 2.17. The number of para-hydroxylation sites is 1. The minimum atomic E-state index is -0.408. The van der Waals surface area contributed by atoms with Crippen LogP contribution in [0.15, 0.2) is 63.6 Å². The maximum atomic E-state index is 12.3. The van der Waals surface area contributed by atoms with Crippen molar-refractivity contribution in [3.8, 4) is 5.75 Å². The van der Waals surface area contributed by atoms with Gasteiger partial charge in [-0.1, -0.05) is 23.7 Å². The molecule has 1 heterocycles. The molecule has 0 atom stereocenters. The average molecular weight is 314 g/mol. The van der Waals surface area contributed by atoms with Crippen LogP contribution >= 0.6 is 11.6 Å². The Kier molecular flexibility index (Phi) is 3.65. The summed E-state index contributed by atoms with van der Waals surface area (Å²) in [4.78, 5) is 12.3. The van der Waals surface area contributed by atoms with Crippen LogP contribution in [0.5, 0.6) is 5.75 Å². The first-order valence-corrected chi connectivity index (χ1v) is 6.94. The van der Waals surface area contributed by atoms with Crippen molar-refractivity contribution in [2.24, 2.45) is 17.3 Å². The van der Waals surface area contributed by atoms with Crippen molar-refractivity contribution < 1.29 is 5.11 Å². The molecule has 3 rings (SSSR count). The predicted octanol–water partition coefficient (Wildman–Crippen LogP) is 4.31. The number of azo groups is 1. The van der Waals surface area contributed by atoms with Gasteiger partial charge in [0.25, 0.3) is 5.56 Å². The highest BCUT2D eigenvalue weighted by atomic mass is 35.5. The number of aromatic hydroxyl groups is 1. The normalized spacial score (nSPS) is 11.4. The summed E-state index contributed by atoms with van der Waals surface area (Å²) in [7, 11) is 1.63. The van der Waals surface area contributed by atoms with Crippen LogP contribution in [0.2, 0.25) is 5.02 Å². The van der Waals surface area contributed by atoms with Crippen molar-refractivity contribution in [3.63, 3.8) is 0 Å². The SMILES string of the molecule is Cn1c(=O)c(N=Nc2ccc(Cl)cc2)c(O)c2ccccc21. The van der Waals surface area contributed by atoms with Crippen LogP contribution in [-0.2, 0) is 7.05 Å². The second-order valence-corrected chi connectivity index (χ2v) is 5.19. The molecule has 0 bridgehead atoms. The summed E-state index contributed by atoms with van der Waals surface area (Å²) in [5, 5.41) is 19.3. The molecule has 0 radical (unpaired) electrons. The number of hydrogen-bond donors (Lipinski definition) is 1. The molecular weight excluding hydrogens is 302 g/mol. The van der Waals surface area contributed by atoms with Crippen LogP contribution in [0.3, 0.4) is 0 Å². The molecule has 1 N–H and O–H groups in total. The van der Waals surface area contributed by atoms with Crippen molar-refractivity contribution in [2.45, 2.75) is 0 Å². The van der Waals surface area contributed by atoms with E-state index in [0.717, 1.165) is 0 Å². The lowest BCUT2D eigenvalue weighted by atomic mass is 10.2. The maximum Gasteiger partial charge on any atom is 0.282 e. The predicted molar refractivity (Wildman–Crippen MR) is 86.5 cm³/mol. The van der Waals surface area contributed by atoms with Crippen molar-refractivity contribution in [3.05, 3.63) is 63.9 Å². The van der Waals surface area contributed by atoms with Gasteiger partial charge in [0.05, 0.1) is 11.2 Å². The highest BCUT2D eigenvalue weighted by Gasteiger charge is 2.13. The molecule has 0 aliphatic rings. The van der Waals surface area contributed by atoms with E-state index in [-0.39, 0.29) is 11.4 Å². The highest BCUT2D eigenvalue weighted by Crippen LogP contribution is 2.32. The molecule has 0 aliphatic carbocycles. The molecule has 0 saturated heterocycles. The number of hydrogen-bond acceptors (Lipinski definition) is 4. The van der Waals surface area contributed by atoms with Crippen molar-refractivity contribution in [1.29, 1.82) is 0 Å². The van der Waals surface area contributed by atoms with E-state index in [1.165, 1.54) is 4.57 Å². The van der Waals surface area contributed by atoms with E-state index in [4.69, 9.17) is 11.6 Å². The lowest BCUT2D eigenvalue weighted by molar-refractivity contribution is 0.480. The Labute approximate surface area is 131 Å². The third-order valence-electron chi connectivity index (χ3n) is 3.34. The number of fused-ring (bicyclic) bond motifs is 1. The van der Waals surface area contributed by atoms with Crippen molar-refractivity contribution >= 4 is 33.9 Å². The molecule has 2 aromatic carbocycles. The number of pyridine rings is 1. The molecule has 6 heteroatoms. The summed E-state index contributed by atoms with van der Waals surface area (Å²) < 4.78 is 1.44. The number of rotatable bonds is 2. The molecule has 0 amide bonds. The zero-order valence-corrected chi connectivity index (χ0v) is 12.4. The third-order valence-corrected chi connectivity index (χ3v) is 3.60. The quantitative estimate of drug-likeness (QED) is 0.716. The van der Waals surface area contributed by atoms with Gasteiger partial charge in [0.2, 0.25) is 0 Å². The molecule has 0 saturated carbocycles. The van der Waals surface area contributed by atoms with E-state index >= 15 is 0 Å². The van der Waals surface area contributed by atoms with Gasteiger partial charge in [-0.15, -0.1) is 5.11 Å². The van der Waals surface area contributed by atoms with Gasteiger partial charge in [0.1, 0.15) is 0 Å². The topological polar surface area (TPSA) is 67.0 Å². The van der Waals surface area contributed by atoms with Crippen LogP contribution in [0.1, 0.15) is 0 Å². The number of nitrogens with zero attached hydrogens (tertiary/aromatic N) is 3. The van der Waals surface area contributed by atoms with Gasteiger partial charge < -0.3 is 9.67 Å². The number of aromatic nitrogens is 1. The maximum absolute atomic E-state index is 12.3. The van der Waals surface area contributed by atoms with E-state index < -0.39 is 5.56 Å². The summed E-state index contributed by atoms with van der Waals surface area (Å²) in [6.07, 6.45) is 0. The molecule has 0 aliphatic heterocycles. The molecule has 3 aromatic rings. The first-order chi connectivity index (χ1) is 10.6. The number of aryl methyl sites for hydroxylation is 1. The number of benzene rings is 2. The Morgan fingerprint density at radius 2 is 1.73 bits per heavy atom. The highest BCUT2D eigenvalue weighted by molar-refractivity contribution is 6.30. The van der Waals surface area contributed by atoms with Gasteiger partial charge >= 0.3 is 0 Å². The minimum Gasteiger partial charge on any atom is -0.505 e. The third kappa shape index (κ3) is 2.46. The fraction of sp³-hybridized carbons (Fsp3) is 0.0625. The van der Waals surface area contributed by atoms with Gasteiger partial charge in [0, 0.05) is 17.5 Å². The van der Waals surface area contributed by atoms with Gasteiger partial charge in [-0.25, -0.2) is 0 Å². The van der Waals surface area contributed by atoms with Crippen LogP contribution < -0.4 is 5.56 Å². The summed E-state index contributed by atoms with van der Waals surface area (Å²) >= 11 is 5.80. The molecular formula is C16H12ClN3O2. The van der Waals surface area contributed by atoms with Crippen LogP contribution in [0, 0.1) is 0 Å². The van der Waals surface area contributed by atoms with Crippen LogP contribution in [0.4, 0.5) is 11.4 Å². The Morgan fingerprint density at radius 1 is 1.05 bits per heavy atom. The van der Waals surface area contributed by atoms with E-state index in [2.05, 4.69) is 10.2 Å². The second-order valence-electron chi connectivity index (χ2n) is 4.75. The lowest BCUT2D eigenvalue weighted by Gasteiger charge is -2.08. The number of halogens is 1. The summed E-state index contributed by atoms with van der Waals surface area (Å²) in [5.41, 5.74) is 0.680. The van der Waals surface area contributed by atoms with Crippen molar-refractivity contribution in [2.75, 3.05) is 0 Å². The summed E-state index contributed by atoms with van der Waals surface area (Å²) in [6, 6.07) is 13.8. The smallest absolute Gasteiger partial charge is 0.282 e. The monoisotopic (exact) mass is 313 g/mol. The molecule has 0 unspecified atom stereocenters. The Morgan fingerprint density at radius 3 is 2.45 bits per heavy atom. The van der Waals surface area contributed by atoms with E-state index in [1.54, 1.807) is 55.6 Å². The summed E-state index contributed by atoms with van der Waals surface area (Å²) in [6.45, 7) is 0. The fourth-order valence-corrected chi connectivity index (χ4v) is 2.30. The Hall–Kier alpha value is -2.66. The van der Waals surface area contributed by atoms with E-state index in [0.29, 0.717) is 21.6 Å². The lowest BCUT2D eigenvalue weighted by Crippen LogP contribution is -2.16. The molecule has 5 nitrogen and oxygen atoms in total. The molecule has 1 aromatic heterocycles. The van der Waals surface area contributed by atoms with Crippen molar-refractivity contribution in [1.82, 2.24) is 4.57 Å². The van der Waals surface area contributed by atoms with Gasteiger partial charge in [-0.3, -0.25) is 4.79 Å². The molecule has 110 valence electrons. The molecule has 0 fully saturated rings. The second kappa shape index (κ2) is 5.61. The van der Waals surface area contributed by atoms with Gasteiger partial charge in [-0.05, 0) is 36.4 Å². The van der Waals surface area contributed by atoms with E-state index in [9.17, 15) is 9.90 Å². The first kappa shape index (κ1) is 14.3. The first-order valence-electron chi connectivity index (χ1n) is 6.56. The standard InChI is InChI=1S/C16H12ClN3O2/c1-20-13-5-3-2-4-12(13)15(21)14(16(20)22)19-18-11-8-6-10(17)7-9-11/h2-9,21H,1H3. The zero-order valence-electron chi connectivity index (χ0n) is 11.7. The van der Waals surface area contributed by atoms with Gasteiger partial charge in [-0.2, -0.15) is 5.11 Å². The van der Waals surface area contributed by atoms with Crippen LogP contribution in [-0.4, -0.2) is 9.67 Å². The van der Waals surface area contributed by atoms with Gasteiger partial charge in [0.15, 0.2) is 11.4 Å². The Balaban J connectivity index is 2.15. The molecule has 0 spiro atoms. The molecule has 22 heavy (non-hydrogen) atoms. The Bertz CT molecular complexity index is 931. The largest absolute Gasteiger partial charge is 0.505 e. The van der Waals surface area contributed by atoms with E-state index in [1.807, 2.05) is 0 Å². The van der Waals surface area contributed by atoms with Crippen LogP contribution in [0.25, 0.3) is 10.9 Å². The minimum absolute atomic E-state index is 0.0869.